The van der Waals surface area contributed by atoms with Gasteiger partial charge < -0.3 is 14.7 Å². The lowest BCUT2D eigenvalue weighted by atomic mass is 10.2. The molecule has 4 heterocycles. The molecule has 0 spiro atoms. The van der Waals surface area contributed by atoms with Crippen molar-refractivity contribution in [3.05, 3.63) is 48.8 Å². The van der Waals surface area contributed by atoms with E-state index in [0.717, 1.165) is 74.4 Å². The second kappa shape index (κ2) is 7.66. The van der Waals surface area contributed by atoms with Crippen molar-refractivity contribution in [3.8, 4) is 11.4 Å². The standard InChI is InChI=1S/C22H24N6O/c29-22(27-10-3-4-11-27)28-14-12-26(13-15-28)21-18-7-1-2-8-19(18)24-20(25-21)17-6-5-9-23-16-17/h1-2,5-9,16H,3-4,10-15H2. The quantitative estimate of drug-likeness (QED) is 0.675. The molecule has 2 aliphatic heterocycles. The molecule has 0 bridgehead atoms. The lowest BCUT2D eigenvalue weighted by molar-refractivity contribution is 0.159. The molecule has 3 aromatic rings. The predicted molar refractivity (Wildman–Crippen MR) is 113 cm³/mol. The number of para-hydroxylation sites is 1. The van der Waals surface area contributed by atoms with E-state index in [2.05, 4.69) is 16.0 Å². The maximum atomic E-state index is 12.7. The summed E-state index contributed by atoms with van der Waals surface area (Å²) in [6, 6.07) is 12.2. The SMILES string of the molecule is O=C(N1CCCC1)N1CCN(c2nc(-c3cccnc3)nc3ccccc23)CC1. The average Bonchev–Trinajstić information content (AvgIpc) is 3.34. The number of urea groups is 1. The van der Waals surface area contributed by atoms with Gasteiger partial charge in [0.2, 0.25) is 0 Å². The van der Waals surface area contributed by atoms with E-state index in [9.17, 15) is 4.79 Å². The van der Waals surface area contributed by atoms with Crippen LogP contribution in [0.3, 0.4) is 0 Å². The van der Waals surface area contributed by atoms with Crippen LogP contribution in [0.1, 0.15) is 12.8 Å². The molecular weight excluding hydrogens is 364 g/mol. The van der Waals surface area contributed by atoms with Crippen LogP contribution in [0.15, 0.2) is 48.8 Å². The van der Waals surface area contributed by atoms with Crippen molar-refractivity contribution < 1.29 is 4.79 Å². The monoisotopic (exact) mass is 388 g/mol. The molecule has 2 aliphatic rings. The van der Waals surface area contributed by atoms with Crippen LogP contribution in [-0.2, 0) is 0 Å². The van der Waals surface area contributed by atoms with Crippen LogP contribution < -0.4 is 4.90 Å². The zero-order valence-corrected chi connectivity index (χ0v) is 16.4. The molecule has 5 rings (SSSR count). The average molecular weight is 388 g/mol. The van der Waals surface area contributed by atoms with Gasteiger partial charge >= 0.3 is 6.03 Å². The van der Waals surface area contributed by atoms with E-state index in [1.165, 1.54) is 0 Å². The molecule has 29 heavy (non-hydrogen) atoms. The number of hydrogen-bond acceptors (Lipinski definition) is 5. The Labute approximate surface area is 170 Å². The van der Waals surface area contributed by atoms with Gasteiger partial charge in [-0.25, -0.2) is 14.8 Å². The summed E-state index contributed by atoms with van der Waals surface area (Å²) in [5.74, 6) is 1.62. The number of carbonyl (C=O) groups is 1. The first-order valence-electron chi connectivity index (χ1n) is 10.3. The first-order valence-corrected chi connectivity index (χ1v) is 10.3. The fourth-order valence-electron chi connectivity index (χ4n) is 4.14. The molecule has 1 aromatic carbocycles. The third-order valence-corrected chi connectivity index (χ3v) is 5.73. The molecule has 0 N–H and O–H groups in total. The first kappa shape index (κ1) is 17.8. The molecule has 0 unspecified atom stereocenters. The van der Waals surface area contributed by atoms with Gasteiger partial charge in [0.25, 0.3) is 0 Å². The zero-order chi connectivity index (χ0) is 19.6. The van der Waals surface area contributed by atoms with E-state index < -0.39 is 0 Å². The number of nitrogens with zero attached hydrogens (tertiary/aromatic N) is 6. The lowest BCUT2D eigenvalue weighted by Crippen LogP contribution is -2.52. The third kappa shape index (κ3) is 3.48. The van der Waals surface area contributed by atoms with Gasteiger partial charge in [0.15, 0.2) is 5.82 Å². The first-order chi connectivity index (χ1) is 14.3. The fraction of sp³-hybridized carbons (Fsp3) is 0.364. The maximum Gasteiger partial charge on any atom is 0.320 e. The van der Waals surface area contributed by atoms with Crippen molar-refractivity contribution in [3.63, 3.8) is 0 Å². The van der Waals surface area contributed by atoms with Crippen LogP contribution in [0.2, 0.25) is 0 Å². The Morgan fingerprint density at radius 1 is 0.828 bits per heavy atom. The third-order valence-electron chi connectivity index (χ3n) is 5.73. The summed E-state index contributed by atoms with van der Waals surface area (Å²) >= 11 is 0. The molecule has 2 saturated heterocycles. The van der Waals surface area contributed by atoms with Crippen molar-refractivity contribution in [1.29, 1.82) is 0 Å². The molecular formula is C22H24N6O. The molecule has 0 aliphatic carbocycles. The summed E-state index contributed by atoms with van der Waals surface area (Å²) in [6.07, 6.45) is 5.79. The summed E-state index contributed by atoms with van der Waals surface area (Å²) in [7, 11) is 0. The second-order valence-corrected chi connectivity index (χ2v) is 7.58. The molecule has 7 heteroatoms. The minimum atomic E-state index is 0.186. The van der Waals surface area contributed by atoms with E-state index in [1.807, 2.05) is 40.1 Å². The Morgan fingerprint density at radius 3 is 2.34 bits per heavy atom. The van der Waals surface area contributed by atoms with E-state index in [-0.39, 0.29) is 6.03 Å². The largest absolute Gasteiger partial charge is 0.352 e. The van der Waals surface area contributed by atoms with Crippen LogP contribution >= 0.6 is 0 Å². The highest BCUT2D eigenvalue weighted by Crippen LogP contribution is 2.28. The van der Waals surface area contributed by atoms with Crippen LogP contribution in [0.5, 0.6) is 0 Å². The Balaban J connectivity index is 1.42. The van der Waals surface area contributed by atoms with Crippen molar-refractivity contribution in [1.82, 2.24) is 24.8 Å². The number of aromatic nitrogens is 3. The van der Waals surface area contributed by atoms with Gasteiger partial charge in [0.1, 0.15) is 5.82 Å². The fourth-order valence-corrected chi connectivity index (χ4v) is 4.14. The van der Waals surface area contributed by atoms with Gasteiger partial charge in [-0.05, 0) is 37.1 Å². The number of amides is 2. The number of pyridine rings is 1. The van der Waals surface area contributed by atoms with Crippen molar-refractivity contribution in [2.45, 2.75) is 12.8 Å². The molecule has 0 saturated carbocycles. The highest BCUT2D eigenvalue weighted by atomic mass is 16.2. The highest BCUT2D eigenvalue weighted by molar-refractivity contribution is 5.91. The number of anilines is 1. The van der Waals surface area contributed by atoms with E-state index >= 15 is 0 Å². The number of carbonyl (C=O) groups excluding carboxylic acids is 1. The normalized spacial score (nSPS) is 17.2. The summed E-state index contributed by atoms with van der Waals surface area (Å²) in [6.45, 7) is 4.76. The van der Waals surface area contributed by atoms with Crippen molar-refractivity contribution >= 4 is 22.8 Å². The molecule has 148 valence electrons. The summed E-state index contributed by atoms with van der Waals surface area (Å²) in [4.78, 5) is 32.8. The van der Waals surface area contributed by atoms with Gasteiger partial charge in [-0.2, -0.15) is 0 Å². The number of hydrogen-bond donors (Lipinski definition) is 0. The van der Waals surface area contributed by atoms with Crippen LogP contribution in [0.4, 0.5) is 10.6 Å². The lowest BCUT2D eigenvalue weighted by Gasteiger charge is -2.37. The van der Waals surface area contributed by atoms with Crippen LogP contribution in [-0.4, -0.2) is 70.1 Å². The second-order valence-electron chi connectivity index (χ2n) is 7.58. The molecule has 2 fully saturated rings. The van der Waals surface area contributed by atoms with Crippen LogP contribution in [0, 0.1) is 0 Å². The van der Waals surface area contributed by atoms with E-state index in [0.29, 0.717) is 5.82 Å². The minimum absolute atomic E-state index is 0.186. The number of rotatable bonds is 2. The van der Waals surface area contributed by atoms with E-state index in [1.54, 1.807) is 12.4 Å². The Bertz CT molecular complexity index is 1010. The highest BCUT2D eigenvalue weighted by Gasteiger charge is 2.28. The van der Waals surface area contributed by atoms with E-state index in [4.69, 9.17) is 9.97 Å². The van der Waals surface area contributed by atoms with Gasteiger partial charge in [0, 0.05) is 62.6 Å². The van der Waals surface area contributed by atoms with Gasteiger partial charge in [-0.1, -0.05) is 12.1 Å². The zero-order valence-electron chi connectivity index (χ0n) is 16.4. The number of piperazine rings is 1. The van der Waals surface area contributed by atoms with Crippen LogP contribution in [0.25, 0.3) is 22.3 Å². The molecule has 2 amide bonds. The summed E-state index contributed by atoms with van der Waals surface area (Å²) < 4.78 is 0. The maximum absolute atomic E-state index is 12.7. The van der Waals surface area contributed by atoms with Gasteiger partial charge in [0.05, 0.1) is 5.52 Å². The molecule has 0 atom stereocenters. The smallest absolute Gasteiger partial charge is 0.320 e. The molecule has 2 aromatic heterocycles. The van der Waals surface area contributed by atoms with Crippen molar-refractivity contribution in [2.75, 3.05) is 44.2 Å². The Hall–Kier alpha value is -3.22. The van der Waals surface area contributed by atoms with Gasteiger partial charge in [-0.3, -0.25) is 4.98 Å². The molecule has 7 nitrogen and oxygen atoms in total. The minimum Gasteiger partial charge on any atom is -0.352 e. The Kier molecular flexibility index (Phi) is 4.71. The Morgan fingerprint density at radius 2 is 1.59 bits per heavy atom. The summed E-state index contributed by atoms with van der Waals surface area (Å²) in [5, 5.41) is 1.04. The number of likely N-dealkylation sites (tertiary alicyclic amines) is 1. The predicted octanol–water partition coefficient (Wildman–Crippen LogP) is 3.03. The topological polar surface area (TPSA) is 65.5 Å². The van der Waals surface area contributed by atoms with Crippen molar-refractivity contribution in [2.24, 2.45) is 0 Å². The van der Waals surface area contributed by atoms with Gasteiger partial charge in [-0.15, -0.1) is 0 Å². The molecule has 0 radical (unpaired) electrons. The number of benzene rings is 1. The summed E-state index contributed by atoms with van der Waals surface area (Å²) in [5.41, 5.74) is 1.83. The number of fused-ring (bicyclic) bond motifs is 1.